The van der Waals surface area contributed by atoms with Gasteiger partial charge >= 0.3 is 25.9 Å². The topological polar surface area (TPSA) is 165 Å². The molecule has 3 fully saturated rings. The third-order valence-corrected chi connectivity index (χ3v) is 14.0. The van der Waals surface area contributed by atoms with Crippen molar-refractivity contribution in [2.45, 2.75) is 186 Å². The fraction of sp³-hybridized carbons (Fsp3) is 0.935. The van der Waals surface area contributed by atoms with E-state index in [1.807, 2.05) is 0 Å². The fourth-order valence-corrected chi connectivity index (χ4v) is 10.7. The summed E-state index contributed by atoms with van der Waals surface area (Å²) >= 11 is 0. The van der Waals surface area contributed by atoms with Crippen molar-refractivity contribution in [3.05, 3.63) is 0 Å². The highest BCUT2D eigenvalue weighted by Gasteiger charge is 2.51. The van der Waals surface area contributed by atoms with E-state index in [1.54, 1.807) is 14.2 Å². The summed E-state index contributed by atoms with van der Waals surface area (Å²) in [5.41, 5.74) is 0. The first-order valence-corrected chi connectivity index (χ1v) is 25.6. The third-order valence-electron chi connectivity index (χ3n) is 13.0. The molecule has 13 nitrogen and oxygen atoms in total. The number of esters is 2. The van der Waals surface area contributed by atoms with Gasteiger partial charge in [0.2, 0.25) is 0 Å². The summed E-state index contributed by atoms with van der Waals surface area (Å²) in [4.78, 5) is 48.3. The van der Waals surface area contributed by atoms with Gasteiger partial charge < -0.3 is 33.9 Å². The number of phosphoric acid groups is 1. The molecule has 60 heavy (non-hydrogen) atoms. The molecule has 0 aliphatic heterocycles. The van der Waals surface area contributed by atoms with E-state index in [-0.39, 0.29) is 32.6 Å². The Hall–Kier alpha value is -1.76. The number of amides is 1. The zero-order valence-electron chi connectivity index (χ0n) is 37.6. The summed E-state index contributed by atoms with van der Waals surface area (Å²) in [6, 6.07) is 0. The van der Waals surface area contributed by atoms with Crippen LogP contribution in [0.15, 0.2) is 0 Å². The maximum absolute atomic E-state index is 12.8. The zero-order chi connectivity index (χ0) is 43.1. The van der Waals surface area contributed by atoms with E-state index >= 15 is 0 Å². The second-order valence-electron chi connectivity index (χ2n) is 17.7. The van der Waals surface area contributed by atoms with Crippen LogP contribution in [0.4, 0.5) is 4.79 Å². The van der Waals surface area contributed by atoms with Crippen molar-refractivity contribution in [2.24, 2.45) is 29.6 Å². The van der Waals surface area contributed by atoms with Crippen LogP contribution < -0.4 is 5.32 Å². The lowest BCUT2D eigenvalue weighted by atomic mass is 9.73. The molecule has 0 aromatic rings. The number of methoxy groups -OCH3 is 2. The quantitative estimate of drug-likeness (QED) is 0.0265. The van der Waals surface area contributed by atoms with Crippen LogP contribution >= 0.6 is 7.82 Å². The number of hydrogen-bond donors (Lipinski definition) is 2. The highest BCUT2D eigenvalue weighted by Crippen LogP contribution is 2.57. The molecule has 0 aromatic carbocycles. The van der Waals surface area contributed by atoms with Crippen LogP contribution in [0.25, 0.3) is 0 Å². The van der Waals surface area contributed by atoms with Crippen LogP contribution in [0.3, 0.4) is 0 Å². The SMILES string of the molecule is COCCCCCCCCCCCC(=O)OCC(COP(=O)(O)OCCNC(=O)OCC1C2CCCCC2C2CCCCC21)OC(=O)CCCCCCCCCCCOC. The van der Waals surface area contributed by atoms with Gasteiger partial charge in [0.25, 0.3) is 0 Å². The van der Waals surface area contributed by atoms with Crippen LogP contribution in [0.2, 0.25) is 0 Å². The van der Waals surface area contributed by atoms with Gasteiger partial charge in [0.05, 0.1) is 19.8 Å². The van der Waals surface area contributed by atoms with E-state index in [1.165, 1.54) is 103 Å². The summed E-state index contributed by atoms with van der Waals surface area (Å²) in [7, 11) is -1.13. The van der Waals surface area contributed by atoms with Gasteiger partial charge in [-0.3, -0.25) is 18.6 Å². The Balaban J connectivity index is 1.34. The molecule has 3 rings (SSSR count). The number of carbonyl (C=O) groups excluding carboxylic acids is 3. The van der Waals surface area contributed by atoms with Gasteiger partial charge in [0.1, 0.15) is 6.61 Å². The second-order valence-corrected chi connectivity index (χ2v) is 19.1. The molecule has 0 aromatic heterocycles. The van der Waals surface area contributed by atoms with E-state index in [9.17, 15) is 23.8 Å². The van der Waals surface area contributed by atoms with Crippen molar-refractivity contribution < 1.29 is 56.6 Å². The summed E-state index contributed by atoms with van der Waals surface area (Å²) in [6.45, 7) is 0.916. The van der Waals surface area contributed by atoms with E-state index in [0.717, 1.165) is 76.4 Å². The molecule has 0 heterocycles. The molecule has 1 amide bonds. The Morgan fingerprint density at radius 1 is 0.567 bits per heavy atom. The molecular formula is C46H84NO12P. The predicted octanol–water partition coefficient (Wildman–Crippen LogP) is 10.6. The van der Waals surface area contributed by atoms with E-state index in [4.69, 9.17) is 32.7 Å². The van der Waals surface area contributed by atoms with Crippen molar-refractivity contribution in [3.8, 4) is 0 Å². The van der Waals surface area contributed by atoms with Crippen LogP contribution in [-0.4, -0.2) is 89.4 Å². The number of rotatable bonds is 36. The number of nitrogens with one attached hydrogen (secondary N) is 1. The lowest BCUT2D eigenvalue weighted by molar-refractivity contribution is -0.161. The summed E-state index contributed by atoms with van der Waals surface area (Å²) in [6.07, 6.45) is 28.3. The first-order valence-electron chi connectivity index (χ1n) is 24.1. The number of ether oxygens (including phenoxy) is 5. The van der Waals surface area contributed by atoms with Crippen molar-refractivity contribution in [2.75, 3.05) is 60.4 Å². The normalized spacial score (nSPS) is 22.6. The smallest absolute Gasteiger partial charge is 0.462 e. The van der Waals surface area contributed by atoms with Crippen LogP contribution in [0.5, 0.6) is 0 Å². The molecule has 14 heteroatoms. The van der Waals surface area contributed by atoms with Crippen molar-refractivity contribution in [1.29, 1.82) is 0 Å². The average Bonchev–Trinajstić information content (AvgIpc) is 3.57. The molecule has 6 atom stereocenters. The van der Waals surface area contributed by atoms with Gasteiger partial charge in [-0.05, 0) is 81.0 Å². The molecule has 3 saturated carbocycles. The Labute approximate surface area is 362 Å². The summed E-state index contributed by atoms with van der Waals surface area (Å²) in [5, 5.41) is 2.63. The fourth-order valence-electron chi connectivity index (χ4n) is 9.94. The summed E-state index contributed by atoms with van der Waals surface area (Å²) < 4.78 is 50.0. The largest absolute Gasteiger partial charge is 0.472 e. The molecule has 3 aliphatic rings. The molecule has 0 saturated heterocycles. The van der Waals surface area contributed by atoms with E-state index < -0.39 is 38.6 Å². The third kappa shape index (κ3) is 23.1. The Morgan fingerprint density at radius 2 is 1.02 bits per heavy atom. The van der Waals surface area contributed by atoms with Crippen molar-refractivity contribution in [1.82, 2.24) is 5.32 Å². The molecule has 0 spiro atoms. The molecular weight excluding hydrogens is 789 g/mol. The number of phosphoric ester groups is 1. The minimum absolute atomic E-state index is 0.0468. The lowest BCUT2D eigenvalue weighted by Crippen LogP contribution is -2.32. The van der Waals surface area contributed by atoms with Crippen LogP contribution in [-0.2, 0) is 46.9 Å². The van der Waals surface area contributed by atoms with Gasteiger partial charge in [-0.15, -0.1) is 0 Å². The first-order chi connectivity index (χ1) is 29.2. The number of hydrogen-bond acceptors (Lipinski definition) is 11. The minimum atomic E-state index is -4.59. The highest BCUT2D eigenvalue weighted by molar-refractivity contribution is 7.47. The number of fused-ring (bicyclic) bond motifs is 3. The van der Waals surface area contributed by atoms with E-state index in [2.05, 4.69) is 5.32 Å². The molecule has 0 bridgehead atoms. The molecule has 3 aliphatic carbocycles. The molecule has 6 unspecified atom stereocenters. The maximum atomic E-state index is 12.8. The number of unbranched alkanes of at least 4 members (excludes halogenated alkanes) is 16. The minimum Gasteiger partial charge on any atom is -0.462 e. The highest BCUT2D eigenvalue weighted by atomic mass is 31.2. The number of carbonyl (C=O) groups is 3. The van der Waals surface area contributed by atoms with Crippen LogP contribution in [0, 0.1) is 29.6 Å². The van der Waals surface area contributed by atoms with Gasteiger partial charge in [-0.2, -0.15) is 0 Å². The average molecular weight is 874 g/mol. The van der Waals surface area contributed by atoms with Gasteiger partial charge in [-0.1, -0.05) is 116 Å². The lowest BCUT2D eigenvalue weighted by Gasteiger charge is -2.32. The Kier molecular flexibility index (Phi) is 28.8. The van der Waals surface area contributed by atoms with Crippen molar-refractivity contribution >= 4 is 25.9 Å². The molecule has 350 valence electrons. The second kappa shape index (κ2) is 32.8. The zero-order valence-corrected chi connectivity index (χ0v) is 38.5. The number of alkyl carbamates (subject to hydrolysis) is 1. The molecule has 0 radical (unpaired) electrons. The van der Waals surface area contributed by atoms with Gasteiger partial charge in [0.15, 0.2) is 6.10 Å². The standard InChI is InChI=1S/C46H84NO12P/c1-53-32-23-15-11-7-3-5-9-13-17-29-44(48)55-35-38(59-45(49)30-18-14-10-6-4-8-12-16-24-33-54-2)36-58-60(51,52)57-34-31-47-46(50)56-37-43-41-27-21-19-25-39(41)40-26-20-22-28-42(40)43/h38-43H,3-37H2,1-2H3,(H,47,50)(H,51,52). The Morgan fingerprint density at radius 3 is 1.52 bits per heavy atom. The molecule has 2 N–H and O–H groups in total. The maximum Gasteiger partial charge on any atom is 0.472 e. The van der Waals surface area contributed by atoms with Gasteiger partial charge in [0, 0.05) is 46.8 Å². The Bertz CT molecular complexity index is 1170. The first kappa shape index (κ1) is 52.6. The van der Waals surface area contributed by atoms with Crippen molar-refractivity contribution in [3.63, 3.8) is 0 Å². The van der Waals surface area contributed by atoms with Crippen LogP contribution in [0.1, 0.15) is 180 Å². The van der Waals surface area contributed by atoms with Gasteiger partial charge in [-0.25, -0.2) is 9.36 Å². The predicted molar refractivity (Wildman–Crippen MR) is 232 cm³/mol. The monoisotopic (exact) mass is 874 g/mol. The van der Waals surface area contributed by atoms with E-state index in [0.29, 0.717) is 37.2 Å². The summed E-state index contributed by atoms with van der Waals surface area (Å²) in [5.74, 6) is 2.33.